The first-order chi connectivity index (χ1) is 13.5. The van der Waals surface area contributed by atoms with E-state index in [4.69, 9.17) is 0 Å². The second-order valence-electron chi connectivity index (χ2n) is 9.51. The molecule has 2 aliphatic rings. The van der Waals surface area contributed by atoms with Crippen LogP contribution in [0.15, 0.2) is 12.4 Å². The Morgan fingerprint density at radius 2 is 1.71 bits per heavy atom. The van der Waals surface area contributed by atoms with Gasteiger partial charge in [-0.2, -0.15) is 5.10 Å². The predicted octanol–water partition coefficient (Wildman–Crippen LogP) is 5.85. The summed E-state index contributed by atoms with van der Waals surface area (Å²) < 4.78 is 2.23. The van der Waals surface area contributed by atoms with Gasteiger partial charge in [-0.15, -0.1) is 0 Å². The maximum Gasteiger partial charge on any atom is 0.122 e. The molecular weight excluding hydrogens is 346 g/mol. The Bertz CT molecular complexity index is 538. The number of carbonyl (C=O) groups is 1. The van der Waals surface area contributed by atoms with Crippen LogP contribution in [0.25, 0.3) is 0 Å². The highest BCUT2D eigenvalue weighted by Gasteiger charge is 2.21. The van der Waals surface area contributed by atoms with Gasteiger partial charge in [0, 0.05) is 25.2 Å². The summed E-state index contributed by atoms with van der Waals surface area (Å²) in [5.74, 6) is 1.83. The normalized spacial score (nSPS) is 19.6. The zero-order valence-corrected chi connectivity index (χ0v) is 18.8. The predicted molar refractivity (Wildman–Crippen MR) is 118 cm³/mol. The number of nitrogens with zero attached hydrogens (tertiary/aromatic N) is 3. The SMILES string of the molecule is CC(C)C=O.CC(C)c1cnn(C2CCN(CCCC3CCCCC3)CC2)c1. The van der Waals surface area contributed by atoms with Crippen LogP contribution in [0.5, 0.6) is 0 Å². The summed E-state index contributed by atoms with van der Waals surface area (Å²) in [5, 5.41) is 4.61. The minimum atomic E-state index is 0.204. The van der Waals surface area contributed by atoms with Crippen LogP contribution in [0.1, 0.15) is 103 Å². The topological polar surface area (TPSA) is 38.1 Å². The molecule has 2 fully saturated rings. The van der Waals surface area contributed by atoms with Crippen LogP contribution in [0.3, 0.4) is 0 Å². The third-order valence-corrected chi connectivity index (χ3v) is 6.30. The van der Waals surface area contributed by atoms with Crippen molar-refractivity contribution in [2.24, 2.45) is 11.8 Å². The number of aromatic nitrogens is 2. The average Bonchev–Trinajstić information content (AvgIpc) is 3.20. The van der Waals surface area contributed by atoms with Crippen molar-refractivity contribution in [3.05, 3.63) is 18.0 Å². The van der Waals surface area contributed by atoms with E-state index in [9.17, 15) is 4.79 Å². The van der Waals surface area contributed by atoms with Crippen molar-refractivity contribution in [3.8, 4) is 0 Å². The Morgan fingerprint density at radius 1 is 1.07 bits per heavy atom. The Kier molecular flexibility index (Phi) is 10.3. The molecule has 160 valence electrons. The molecule has 1 aliphatic carbocycles. The quantitative estimate of drug-likeness (QED) is 0.549. The maximum atomic E-state index is 9.50. The molecule has 0 bridgehead atoms. The summed E-state index contributed by atoms with van der Waals surface area (Å²) >= 11 is 0. The van der Waals surface area contributed by atoms with E-state index >= 15 is 0 Å². The molecule has 4 heteroatoms. The third-order valence-electron chi connectivity index (χ3n) is 6.30. The highest BCUT2D eigenvalue weighted by Crippen LogP contribution is 2.28. The third kappa shape index (κ3) is 8.06. The van der Waals surface area contributed by atoms with Crippen molar-refractivity contribution in [2.75, 3.05) is 19.6 Å². The van der Waals surface area contributed by atoms with Gasteiger partial charge in [0.25, 0.3) is 0 Å². The van der Waals surface area contributed by atoms with Gasteiger partial charge < -0.3 is 9.69 Å². The number of hydrogen-bond donors (Lipinski definition) is 0. The molecule has 0 atom stereocenters. The van der Waals surface area contributed by atoms with Crippen molar-refractivity contribution in [1.29, 1.82) is 0 Å². The van der Waals surface area contributed by atoms with Gasteiger partial charge in [0.1, 0.15) is 6.29 Å². The lowest BCUT2D eigenvalue weighted by Crippen LogP contribution is -2.35. The summed E-state index contributed by atoms with van der Waals surface area (Å²) in [4.78, 5) is 12.2. The van der Waals surface area contributed by atoms with Gasteiger partial charge in [-0.3, -0.25) is 4.68 Å². The molecule has 0 unspecified atom stereocenters. The number of carbonyl (C=O) groups excluding carboxylic acids is 1. The van der Waals surface area contributed by atoms with E-state index in [2.05, 4.69) is 40.9 Å². The van der Waals surface area contributed by atoms with Crippen LogP contribution in [0.4, 0.5) is 0 Å². The van der Waals surface area contributed by atoms with Crippen molar-refractivity contribution in [1.82, 2.24) is 14.7 Å². The van der Waals surface area contributed by atoms with Gasteiger partial charge in [-0.25, -0.2) is 0 Å². The number of piperidine rings is 1. The van der Waals surface area contributed by atoms with Crippen molar-refractivity contribution < 1.29 is 4.79 Å². The highest BCUT2D eigenvalue weighted by atomic mass is 16.1. The van der Waals surface area contributed by atoms with E-state index in [1.54, 1.807) is 0 Å². The molecule has 1 aromatic heterocycles. The Balaban J connectivity index is 0.000000500. The van der Waals surface area contributed by atoms with E-state index in [-0.39, 0.29) is 5.92 Å². The van der Waals surface area contributed by atoms with E-state index in [1.807, 2.05) is 13.8 Å². The number of rotatable bonds is 7. The van der Waals surface area contributed by atoms with Gasteiger partial charge in [0.05, 0.1) is 12.2 Å². The Labute approximate surface area is 173 Å². The van der Waals surface area contributed by atoms with E-state index in [0.29, 0.717) is 12.0 Å². The first kappa shape index (κ1) is 23.1. The van der Waals surface area contributed by atoms with Gasteiger partial charge in [-0.1, -0.05) is 59.8 Å². The van der Waals surface area contributed by atoms with Crippen LogP contribution in [0, 0.1) is 11.8 Å². The first-order valence-electron chi connectivity index (χ1n) is 11.7. The zero-order valence-electron chi connectivity index (χ0n) is 18.8. The largest absolute Gasteiger partial charge is 0.303 e. The van der Waals surface area contributed by atoms with E-state index < -0.39 is 0 Å². The number of aldehydes is 1. The molecule has 1 saturated carbocycles. The molecule has 2 heterocycles. The molecular formula is C24H43N3O. The van der Waals surface area contributed by atoms with E-state index in [1.165, 1.54) is 83.0 Å². The molecule has 28 heavy (non-hydrogen) atoms. The fraction of sp³-hybridized carbons (Fsp3) is 0.833. The van der Waals surface area contributed by atoms with Crippen LogP contribution < -0.4 is 0 Å². The van der Waals surface area contributed by atoms with Gasteiger partial charge >= 0.3 is 0 Å². The minimum Gasteiger partial charge on any atom is -0.303 e. The van der Waals surface area contributed by atoms with Gasteiger partial charge in [0.15, 0.2) is 0 Å². The Morgan fingerprint density at radius 3 is 2.25 bits per heavy atom. The molecule has 0 radical (unpaired) electrons. The zero-order chi connectivity index (χ0) is 20.4. The second-order valence-corrected chi connectivity index (χ2v) is 9.51. The molecule has 4 nitrogen and oxygen atoms in total. The molecule has 1 aliphatic heterocycles. The molecule has 0 amide bonds. The lowest BCUT2D eigenvalue weighted by molar-refractivity contribution is -0.110. The standard InChI is InChI=1S/C20H35N3.C4H8O/c1-17(2)19-15-21-23(16-19)20-10-13-22(14-11-20)12-6-9-18-7-4-3-5-8-18;1-4(2)3-5/h15-18,20H,3-14H2,1-2H3;3-4H,1-2H3. The molecule has 1 saturated heterocycles. The molecule has 0 N–H and O–H groups in total. The molecule has 3 rings (SSSR count). The summed E-state index contributed by atoms with van der Waals surface area (Å²) in [6.45, 7) is 12.0. The average molecular weight is 390 g/mol. The highest BCUT2D eigenvalue weighted by molar-refractivity contribution is 5.51. The van der Waals surface area contributed by atoms with Crippen LogP contribution in [0.2, 0.25) is 0 Å². The molecule has 0 aromatic carbocycles. The summed E-state index contributed by atoms with van der Waals surface area (Å²) in [7, 11) is 0. The summed E-state index contributed by atoms with van der Waals surface area (Å²) in [6.07, 6.45) is 18.1. The fourth-order valence-corrected chi connectivity index (χ4v) is 4.34. The van der Waals surface area contributed by atoms with Crippen molar-refractivity contribution in [3.63, 3.8) is 0 Å². The maximum absolute atomic E-state index is 9.50. The van der Waals surface area contributed by atoms with Crippen molar-refractivity contribution >= 4 is 6.29 Å². The summed E-state index contributed by atoms with van der Waals surface area (Å²) in [5.41, 5.74) is 1.37. The monoisotopic (exact) mass is 389 g/mol. The fourth-order valence-electron chi connectivity index (χ4n) is 4.34. The summed E-state index contributed by atoms with van der Waals surface area (Å²) in [6, 6.07) is 0.622. The number of likely N-dealkylation sites (tertiary alicyclic amines) is 1. The lowest BCUT2D eigenvalue weighted by Gasteiger charge is -2.32. The molecule has 0 spiro atoms. The van der Waals surface area contributed by atoms with E-state index in [0.717, 1.165) is 12.2 Å². The second kappa shape index (κ2) is 12.4. The van der Waals surface area contributed by atoms with Crippen molar-refractivity contribution in [2.45, 2.75) is 97.4 Å². The molecule has 1 aromatic rings. The van der Waals surface area contributed by atoms with Crippen LogP contribution in [-0.2, 0) is 4.79 Å². The number of hydrogen-bond acceptors (Lipinski definition) is 3. The lowest BCUT2D eigenvalue weighted by atomic mass is 9.86. The smallest absolute Gasteiger partial charge is 0.122 e. The first-order valence-corrected chi connectivity index (χ1v) is 11.7. The van der Waals surface area contributed by atoms with Gasteiger partial charge in [-0.05, 0) is 49.6 Å². The Hall–Kier alpha value is -1.16. The minimum absolute atomic E-state index is 0.204. The van der Waals surface area contributed by atoms with Crippen LogP contribution >= 0.6 is 0 Å². The van der Waals surface area contributed by atoms with Crippen LogP contribution in [-0.4, -0.2) is 40.6 Å². The van der Waals surface area contributed by atoms with Gasteiger partial charge in [0.2, 0.25) is 0 Å².